The lowest BCUT2D eigenvalue weighted by Gasteiger charge is -2.31. The number of rotatable bonds is 7. The van der Waals surface area contributed by atoms with E-state index in [1.807, 2.05) is 24.3 Å². The molecular weight excluding hydrogens is 350 g/mol. The van der Waals surface area contributed by atoms with Gasteiger partial charge in [0.05, 0.1) is 18.7 Å². The summed E-state index contributed by atoms with van der Waals surface area (Å²) in [6.45, 7) is 7.40. The molecule has 2 aliphatic heterocycles. The van der Waals surface area contributed by atoms with Crippen LogP contribution in [0.25, 0.3) is 0 Å². The van der Waals surface area contributed by atoms with Crippen molar-refractivity contribution in [1.82, 2.24) is 15.1 Å². The first kappa shape index (κ1) is 21.2. The Morgan fingerprint density at radius 3 is 2.58 bits per heavy atom. The van der Waals surface area contributed by atoms with Crippen LogP contribution in [0, 0.1) is 5.92 Å². The summed E-state index contributed by atoms with van der Waals surface area (Å²) in [4.78, 5) is 17.3. The van der Waals surface area contributed by atoms with E-state index < -0.39 is 0 Å². The highest BCUT2D eigenvalue weighted by molar-refractivity contribution is 6.00. The summed E-state index contributed by atoms with van der Waals surface area (Å²) in [7, 11) is 2.13. The number of para-hydroxylation sites is 1. The minimum atomic E-state index is 0. The second-order valence-electron chi connectivity index (χ2n) is 7.33. The lowest BCUT2D eigenvalue weighted by Crippen LogP contribution is -2.46. The third-order valence-corrected chi connectivity index (χ3v) is 5.39. The number of ether oxygens (including phenoxy) is 1. The molecule has 26 heavy (non-hydrogen) atoms. The van der Waals surface area contributed by atoms with Gasteiger partial charge in [0.25, 0.3) is 0 Å². The van der Waals surface area contributed by atoms with Crippen LogP contribution < -0.4 is 10.1 Å². The van der Waals surface area contributed by atoms with Crippen LogP contribution in [-0.2, 0) is 0 Å². The second kappa shape index (κ2) is 10.9. The number of carbonyl (C=O) groups excluding carboxylic acids is 1. The molecule has 0 saturated carbocycles. The Balaban J connectivity index is 0.00000243. The molecule has 2 heterocycles. The zero-order chi connectivity index (χ0) is 17.5. The predicted octanol–water partition coefficient (Wildman–Crippen LogP) is 2.31. The summed E-state index contributed by atoms with van der Waals surface area (Å²) < 4.78 is 6.00. The van der Waals surface area contributed by atoms with Crippen LogP contribution in [0.2, 0.25) is 0 Å². The van der Waals surface area contributed by atoms with Crippen molar-refractivity contribution in [2.24, 2.45) is 5.92 Å². The fourth-order valence-corrected chi connectivity index (χ4v) is 3.62. The lowest BCUT2D eigenvalue weighted by atomic mass is 9.95. The van der Waals surface area contributed by atoms with E-state index in [9.17, 15) is 4.79 Å². The Kier molecular flexibility index (Phi) is 8.85. The average Bonchev–Trinajstić information content (AvgIpc) is 2.65. The molecule has 0 atom stereocenters. The fourth-order valence-electron chi connectivity index (χ4n) is 3.62. The van der Waals surface area contributed by atoms with E-state index in [1.165, 1.54) is 12.8 Å². The first-order chi connectivity index (χ1) is 12.2. The highest BCUT2D eigenvalue weighted by Crippen LogP contribution is 2.21. The Morgan fingerprint density at radius 2 is 1.85 bits per heavy atom. The zero-order valence-corrected chi connectivity index (χ0v) is 16.6. The van der Waals surface area contributed by atoms with Crippen molar-refractivity contribution in [1.29, 1.82) is 0 Å². The van der Waals surface area contributed by atoms with Gasteiger partial charge in [-0.2, -0.15) is 0 Å². The van der Waals surface area contributed by atoms with Crippen molar-refractivity contribution in [3.8, 4) is 5.75 Å². The van der Waals surface area contributed by atoms with E-state index in [-0.39, 0.29) is 18.2 Å². The molecule has 0 unspecified atom stereocenters. The molecule has 2 aliphatic rings. The molecule has 146 valence electrons. The minimum Gasteiger partial charge on any atom is -0.493 e. The Morgan fingerprint density at radius 1 is 1.15 bits per heavy atom. The van der Waals surface area contributed by atoms with E-state index in [1.54, 1.807) is 0 Å². The predicted molar refractivity (Wildman–Crippen MR) is 108 cm³/mol. The van der Waals surface area contributed by atoms with Crippen LogP contribution in [0.1, 0.15) is 29.6 Å². The van der Waals surface area contributed by atoms with Crippen molar-refractivity contribution in [3.63, 3.8) is 0 Å². The Hall–Kier alpha value is -1.14. The minimum absolute atomic E-state index is 0. The normalized spacial score (nSPS) is 19.7. The first-order valence-electron chi connectivity index (χ1n) is 9.59. The van der Waals surface area contributed by atoms with Crippen LogP contribution in [0.15, 0.2) is 24.3 Å². The quantitative estimate of drug-likeness (QED) is 0.734. The number of benzene rings is 1. The van der Waals surface area contributed by atoms with E-state index in [0.717, 1.165) is 62.9 Å². The monoisotopic (exact) mass is 381 g/mol. The maximum absolute atomic E-state index is 12.7. The van der Waals surface area contributed by atoms with Crippen molar-refractivity contribution in [3.05, 3.63) is 29.8 Å². The van der Waals surface area contributed by atoms with Gasteiger partial charge in [0, 0.05) is 26.2 Å². The van der Waals surface area contributed by atoms with Gasteiger partial charge in [0.15, 0.2) is 5.78 Å². The van der Waals surface area contributed by atoms with Crippen molar-refractivity contribution in [2.75, 3.05) is 59.5 Å². The van der Waals surface area contributed by atoms with Gasteiger partial charge in [0.1, 0.15) is 5.75 Å². The topological polar surface area (TPSA) is 44.8 Å². The summed E-state index contributed by atoms with van der Waals surface area (Å²) in [6, 6.07) is 7.71. The maximum Gasteiger partial charge on any atom is 0.180 e. The SMILES string of the molecule is CN1CCN(CC(=O)c2ccccc2OCCC2CCNCC2)CC1.Cl. The third kappa shape index (κ3) is 6.23. The number of Topliss-reactive ketones (excluding diaryl/α,β-unsaturated/α-hetero) is 1. The van der Waals surface area contributed by atoms with Gasteiger partial charge >= 0.3 is 0 Å². The van der Waals surface area contributed by atoms with Gasteiger partial charge in [-0.1, -0.05) is 12.1 Å². The zero-order valence-electron chi connectivity index (χ0n) is 15.8. The summed E-state index contributed by atoms with van der Waals surface area (Å²) in [5, 5.41) is 3.40. The van der Waals surface area contributed by atoms with Crippen LogP contribution in [-0.4, -0.2) is 75.1 Å². The molecule has 2 fully saturated rings. The number of nitrogens with one attached hydrogen (secondary N) is 1. The number of likely N-dealkylation sites (N-methyl/N-ethyl adjacent to an activating group) is 1. The van der Waals surface area contributed by atoms with Gasteiger partial charge in [0.2, 0.25) is 0 Å². The second-order valence-corrected chi connectivity index (χ2v) is 7.33. The number of halogens is 1. The molecule has 1 aromatic carbocycles. The van der Waals surface area contributed by atoms with Crippen LogP contribution in [0.4, 0.5) is 0 Å². The third-order valence-electron chi connectivity index (χ3n) is 5.39. The average molecular weight is 382 g/mol. The molecule has 1 N–H and O–H groups in total. The standard InChI is InChI=1S/C20H31N3O2.ClH/c1-22-11-13-23(14-12-22)16-19(24)18-4-2-3-5-20(18)25-15-8-17-6-9-21-10-7-17;/h2-5,17,21H,6-16H2,1H3;1H. The molecule has 1 aromatic rings. The maximum atomic E-state index is 12.7. The van der Waals surface area contributed by atoms with Gasteiger partial charge < -0.3 is 15.0 Å². The van der Waals surface area contributed by atoms with Gasteiger partial charge in [-0.3, -0.25) is 9.69 Å². The summed E-state index contributed by atoms with van der Waals surface area (Å²) in [5.41, 5.74) is 0.728. The van der Waals surface area contributed by atoms with Crippen molar-refractivity contribution < 1.29 is 9.53 Å². The highest BCUT2D eigenvalue weighted by atomic mass is 35.5. The first-order valence-corrected chi connectivity index (χ1v) is 9.59. The Bertz CT molecular complexity index is 556. The molecule has 2 saturated heterocycles. The largest absolute Gasteiger partial charge is 0.493 e. The summed E-state index contributed by atoms with van der Waals surface area (Å²) >= 11 is 0. The molecule has 0 radical (unpaired) electrons. The number of hydrogen-bond donors (Lipinski definition) is 1. The number of nitrogens with zero attached hydrogens (tertiary/aromatic N) is 2. The van der Waals surface area contributed by atoms with Crippen molar-refractivity contribution in [2.45, 2.75) is 19.3 Å². The molecule has 0 bridgehead atoms. The lowest BCUT2D eigenvalue weighted by molar-refractivity contribution is 0.0872. The van der Waals surface area contributed by atoms with Gasteiger partial charge in [-0.15, -0.1) is 12.4 Å². The molecule has 6 heteroatoms. The molecule has 0 spiro atoms. The van der Waals surface area contributed by atoms with E-state index in [4.69, 9.17) is 4.74 Å². The number of hydrogen-bond acceptors (Lipinski definition) is 5. The van der Waals surface area contributed by atoms with Crippen LogP contribution in [0.5, 0.6) is 5.75 Å². The molecule has 0 aromatic heterocycles. The molecular formula is C20H32ClN3O2. The highest BCUT2D eigenvalue weighted by Gasteiger charge is 2.20. The van der Waals surface area contributed by atoms with Gasteiger partial charge in [-0.25, -0.2) is 0 Å². The number of carbonyl (C=O) groups is 1. The number of ketones is 1. The summed E-state index contributed by atoms with van der Waals surface area (Å²) in [6.07, 6.45) is 3.53. The van der Waals surface area contributed by atoms with E-state index in [0.29, 0.717) is 13.2 Å². The molecule has 0 amide bonds. The summed E-state index contributed by atoms with van der Waals surface area (Å²) in [5.74, 6) is 1.66. The Labute approximate surface area is 163 Å². The van der Waals surface area contributed by atoms with Crippen molar-refractivity contribution >= 4 is 18.2 Å². The molecule has 0 aliphatic carbocycles. The molecule has 5 nitrogen and oxygen atoms in total. The molecule has 3 rings (SSSR count). The fraction of sp³-hybridized carbons (Fsp3) is 0.650. The number of piperidine rings is 1. The van der Waals surface area contributed by atoms with E-state index in [2.05, 4.69) is 22.2 Å². The van der Waals surface area contributed by atoms with E-state index >= 15 is 0 Å². The van der Waals surface area contributed by atoms with Gasteiger partial charge in [-0.05, 0) is 57.5 Å². The smallest absolute Gasteiger partial charge is 0.180 e. The number of piperazine rings is 1. The van der Waals surface area contributed by atoms with Crippen LogP contribution in [0.3, 0.4) is 0 Å². The van der Waals surface area contributed by atoms with Crippen LogP contribution >= 0.6 is 12.4 Å².